The van der Waals surface area contributed by atoms with E-state index in [1.165, 1.54) is 0 Å². The molecule has 0 fully saturated rings. The molecular formula is C22H27ClN2O3. The number of carbonyl (C=O) groups excluding carboxylic acids is 2. The number of carbonyl (C=O) groups is 2. The van der Waals surface area contributed by atoms with E-state index in [1.54, 1.807) is 29.2 Å². The first-order valence-electron chi connectivity index (χ1n) is 9.42. The van der Waals surface area contributed by atoms with Crippen LogP contribution in [0.3, 0.4) is 0 Å². The molecule has 0 aromatic heterocycles. The number of rotatable bonds is 9. The Labute approximate surface area is 171 Å². The van der Waals surface area contributed by atoms with Crippen LogP contribution in [0, 0.1) is 0 Å². The Morgan fingerprint density at radius 3 is 2.43 bits per heavy atom. The van der Waals surface area contributed by atoms with Gasteiger partial charge in [-0.25, -0.2) is 0 Å². The fourth-order valence-corrected chi connectivity index (χ4v) is 3.05. The fourth-order valence-electron chi connectivity index (χ4n) is 2.87. The van der Waals surface area contributed by atoms with Gasteiger partial charge in [0.25, 0.3) is 5.91 Å². The minimum absolute atomic E-state index is 0.00191. The third-order valence-electron chi connectivity index (χ3n) is 4.17. The average Bonchev–Trinajstić information content (AvgIpc) is 2.66. The maximum atomic E-state index is 13.0. The molecule has 0 bridgehead atoms. The minimum Gasteiger partial charge on any atom is -0.484 e. The summed E-state index contributed by atoms with van der Waals surface area (Å²) in [5.74, 6) is 0.0966. The summed E-state index contributed by atoms with van der Waals surface area (Å²) in [6.07, 6.45) is 0.508. The number of hydrogen-bond donors (Lipinski definition) is 1. The Balaban J connectivity index is 2.17. The van der Waals surface area contributed by atoms with E-state index in [-0.39, 0.29) is 24.5 Å². The maximum absolute atomic E-state index is 13.0. The van der Waals surface area contributed by atoms with Gasteiger partial charge in [0, 0.05) is 17.6 Å². The Hall–Kier alpha value is -2.53. The number of halogens is 1. The van der Waals surface area contributed by atoms with Crippen LogP contribution in [0.25, 0.3) is 0 Å². The van der Waals surface area contributed by atoms with E-state index in [0.717, 1.165) is 5.56 Å². The molecule has 2 aromatic carbocycles. The summed E-state index contributed by atoms with van der Waals surface area (Å²) in [6, 6.07) is 15.9. The summed E-state index contributed by atoms with van der Waals surface area (Å²) >= 11 is 5.96. The van der Waals surface area contributed by atoms with Crippen molar-refractivity contribution in [1.29, 1.82) is 0 Å². The molecule has 6 heteroatoms. The molecule has 0 aliphatic rings. The smallest absolute Gasteiger partial charge is 0.261 e. The summed E-state index contributed by atoms with van der Waals surface area (Å²) < 4.78 is 5.62. The van der Waals surface area contributed by atoms with E-state index in [0.29, 0.717) is 23.7 Å². The van der Waals surface area contributed by atoms with Crippen molar-refractivity contribution in [3.63, 3.8) is 0 Å². The van der Waals surface area contributed by atoms with E-state index in [4.69, 9.17) is 16.3 Å². The first-order chi connectivity index (χ1) is 13.4. The topological polar surface area (TPSA) is 58.6 Å². The number of hydrogen-bond acceptors (Lipinski definition) is 3. The summed E-state index contributed by atoms with van der Waals surface area (Å²) in [7, 11) is 0. The quantitative estimate of drug-likeness (QED) is 0.688. The van der Waals surface area contributed by atoms with Gasteiger partial charge in [-0.3, -0.25) is 9.59 Å². The van der Waals surface area contributed by atoms with Gasteiger partial charge in [-0.2, -0.15) is 0 Å². The molecule has 2 rings (SSSR count). The predicted octanol–water partition coefficient (Wildman–Crippen LogP) is 4.05. The molecule has 0 spiro atoms. The zero-order valence-corrected chi connectivity index (χ0v) is 17.3. The molecule has 0 aliphatic carbocycles. The van der Waals surface area contributed by atoms with Gasteiger partial charge in [0.05, 0.1) is 0 Å². The maximum Gasteiger partial charge on any atom is 0.261 e. The molecule has 150 valence electrons. The minimum atomic E-state index is -0.571. The van der Waals surface area contributed by atoms with Crippen molar-refractivity contribution >= 4 is 23.4 Å². The Morgan fingerprint density at radius 2 is 1.82 bits per heavy atom. The molecule has 2 amide bonds. The summed E-state index contributed by atoms with van der Waals surface area (Å²) in [5.41, 5.74) is 0.953. The van der Waals surface area contributed by atoms with Crippen molar-refractivity contribution in [2.45, 2.75) is 45.8 Å². The van der Waals surface area contributed by atoms with Crippen molar-refractivity contribution in [1.82, 2.24) is 10.2 Å². The Morgan fingerprint density at radius 1 is 1.11 bits per heavy atom. The number of nitrogens with one attached hydrogen (secondary N) is 1. The number of amides is 2. The van der Waals surface area contributed by atoms with E-state index < -0.39 is 6.04 Å². The molecule has 28 heavy (non-hydrogen) atoms. The molecule has 0 saturated heterocycles. The lowest BCUT2D eigenvalue weighted by molar-refractivity contribution is -0.143. The molecule has 0 radical (unpaired) electrons. The normalized spacial score (nSPS) is 11.8. The second-order valence-corrected chi connectivity index (χ2v) is 7.28. The molecule has 0 saturated carbocycles. The highest BCUT2D eigenvalue weighted by molar-refractivity contribution is 6.30. The van der Waals surface area contributed by atoms with Gasteiger partial charge in [0.1, 0.15) is 11.8 Å². The molecule has 1 N–H and O–H groups in total. The first kappa shape index (κ1) is 21.8. The molecular weight excluding hydrogens is 376 g/mol. The van der Waals surface area contributed by atoms with Crippen molar-refractivity contribution in [2.75, 3.05) is 6.61 Å². The first-order valence-corrected chi connectivity index (χ1v) is 9.80. The van der Waals surface area contributed by atoms with Crippen LogP contribution in [0.1, 0.15) is 32.8 Å². The second-order valence-electron chi connectivity index (χ2n) is 6.84. The van der Waals surface area contributed by atoms with Crippen LogP contribution in [0.15, 0.2) is 54.6 Å². The zero-order chi connectivity index (χ0) is 20.5. The van der Waals surface area contributed by atoms with E-state index in [1.807, 2.05) is 51.1 Å². The number of ether oxygens (including phenoxy) is 1. The number of benzene rings is 2. The SMILES string of the molecule is CC[C@H](C(=O)NC(C)C)N(Cc1ccccc1)C(=O)COc1cccc(Cl)c1. The average molecular weight is 403 g/mol. The lowest BCUT2D eigenvalue weighted by atomic mass is 10.1. The molecule has 5 nitrogen and oxygen atoms in total. The van der Waals surface area contributed by atoms with Gasteiger partial charge < -0.3 is 15.0 Å². The molecule has 1 atom stereocenters. The lowest BCUT2D eigenvalue weighted by Gasteiger charge is -2.31. The number of nitrogens with zero attached hydrogens (tertiary/aromatic N) is 1. The summed E-state index contributed by atoms with van der Waals surface area (Å²) in [4.78, 5) is 27.2. The van der Waals surface area contributed by atoms with Gasteiger partial charge in [0.15, 0.2) is 6.61 Å². The highest BCUT2D eigenvalue weighted by atomic mass is 35.5. The van der Waals surface area contributed by atoms with Crippen molar-refractivity contribution in [3.05, 3.63) is 65.2 Å². The van der Waals surface area contributed by atoms with Crippen LogP contribution >= 0.6 is 11.6 Å². The summed E-state index contributed by atoms with van der Waals surface area (Å²) in [5, 5.41) is 3.44. The van der Waals surface area contributed by atoms with Crippen LogP contribution in [-0.4, -0.2) is 35.4 Å². The van der Waals surface area contributed by atoms with E-state index in [9.17, 15) is 9.59 Å². The molecule has 2 aromatic rings. The van der Waals surface area contributed by atoms with Crippen molar-refractivity contribution in [3.8, 4) is 5.75 Å². The van der Waals surface area contributed by atoms with Gasteiger partial charge in [-0.1, -0.05) is 54.9 Å². The summed E-state index contributed by atoms with van der Waals surface area (Å²) in [6.45, 7) is 5.86. The highest BCUT2D eigenvalue weighted by Crippen LogP contribution is 2.18. The van der Waals surface area contributed by atoms with Gasteiger partial charge in [-0.05, 0) is 44.0 Å². The van der Waals surface area contributed by atoms with Crippen LogP contribution in [0.4, 0.5) is 0 Å². The largest absolute Gasteiger partial charge is 0.484 e. The Kier molecular flexibility index (Phi) is 8.33. The fraction of sp³-hybridized carbons (Fsp3) is 0.364. The highest BCUT2D eigenvalue weighted by Gasteiger charge is 2.29. The van der Waals surface area contributed by atoms with Crippen LogP contribution in [0.5, 0.6) is 5.75 Å². The van der Waals surface area contributed by atoms with Crippen molar-refractivity contribution in [2.24, 2.45) is 0 Å². The monoisotopic (exact) mass is 402 g/mol. The van der Waals surface area contributed by atoms with E-state index in [2.05, 4.69) is 5.32 Å². The van der Waals surface area contributed by atoms with Crippen LogP contribution < -0.4 is 10.1 Å². The predicted molar refractivity (Wildman–Crippen MR) is 111 cm³/mol. The van der Waals surface area contributed by atoms with Gasteiger partial charge in [0.2, 0.25) is 5.91 Å². The van der Waals surface area contributed by atoms with Crippen LogP contribution in [0.2, 0.25) is 5.02 Å². The van der Waals surface area contributed by atoms with E-state index >= 15 is 0 Å². The molecule has 0 heterocycles. The molecule has 0 unspecified atom stereocenters. The van der Waals surface area contributed by atoms with Gasteiger partial charge in [-0.15, -0.1) is 0 Å². The van der Waals surface area contributed by atoms with Crippen molar-refractivity contribution < 1.29 is 14.3 Å². The third kappa shape index (κ3) is 6.57. The second kappa shape index (κ2) is 10.7. The Bertz CT molecular complexity index is 780. The standard InChI is InChI=1S/C22H27ClN2O3/c1-4-20(22(27)24-16(2)3)25(14-17-9-6-5-7-10-17)21(26)15-28-19-12-8-11-18(23)13-19/h5-13,16,20H,4,14-15H2,1-3H3,(H,24,27)/t20-/m1/s1. The molecule has 0 aliphatic heterocycles. The third-order valence-corrected chi connectivity index (χ3v) is 4.41. The zero-order valence-electron chi connectivity index (χ0n) is 16.5. The van der Waals surface area contributed by atoms with Gasteiger partial charge >= 0.3 is 0 Å². The lowest BCUT2D eigenvalue weighted by Crippen LogP contribution is -2.51. The van der Waals surface area contributed by atoms with Crippen LogP contribution in [-0.2, 0) is 16.1 Å².